The van der Waals surface area contributed by atoms with Crippen LogP contribution in [0.5, 0.6) is 17.2 Å². The highest BCUT2D eigenvalue weighted by molar-refractivity contribution is 14.1. The van der Waals surface area contributed by atoms with Gasteiger partial charge in [-0.3, -0.25) is 5.10 Å². The SMILES string of the molecule is COc1cccc(-c2ccc3[nH]nc(-c4ccccc4)c3c2)c1.COc1cccc(-c2ccc3c(c2)c(-c2ccccc2)nn3COCC[Si](C)(C)C)c1.COc1cccc(B(O)O)c1.C[Si](C)(C)CCOCn1nc(-c2ccccc2)c2cc(I)ccc21. The van der Waals surface area contributed by atoms with Gasteiger partial charge in [0.05, 0.1) is 43.6 Å². The molecule has 89 heavy (non-hydrogen) atoms. The number of fused-ring (bicyclic) bond motifs is 3. The first-order valence-electron chi connectivity index (χ1n) is 29.7. The molecule has 3 N–H and O–H groups in total. The van der Waals surface area contributed by atoms with E-state index in [0.29, 0.717) is 24.7 Å². The van der Waals surface area contributed by atoms with Crippen LogP contribution in [0.4, 0.5) is 0 Å². The van der Waals surface area contributed by atoms with Crippen molar-refractivity contribution in [2.75, 3.05) is 34.5 Å². The third-order valence-corrected chi connectivity index (χ3v) is 18.9. The van der Waals surface area contributed by atoms with Gasteiger partial charge in [-0.2, -0.15) is 15.3 Å². The summed E-state index contributed by atoms with van der Waals surface area (Å²) in [4.78, 5) is 0. The van der Waals surface area contributed by atoms with Gasteiger partial charge in [0.2, 0.25) is 0 Å². The molecule has 12 aromatic rings. The lowest BCUT2D eigenvalue weighted by atomic mass is 9.80. The molecule has 0 aliphatic rings. The predicted octanol–water partition coefficient (Wildman–Crippen LogP) is 16.6. The Bertz CT molecular complexity index is 4210. The third-order valence-electron chi connectivity index (χ3n) is 14.8. The molecule has 13 nitrogen and oxygen atoms in total. The first-order chi connectivity index (χ1) is 43.0. The van der Waals surface area contributed by atoms with Gasteiger partial charge in [0.25, 0.3) is 0 Å². The van der Waals surface area contributed by atoms with Gasteiger partial charge in [-0.25, -0.2) is 9.36 Å². The van der Waals surface area contributed by atoms with Gasteiger partial charge in [0.1, 0.15) is 42.1 Å². The van der Waals surface area contributed by atoms with Crippen molar-refractivity contribution < 1.29 is 33.7 Å². The molecular formula is C72H78BIN6O7Si2. The maximum Gasteiger partial charge on any atom is 0.488 e. The van der Waals surface area contributed by atoms with Crippen molar-refractivity contribution in [2.45, 2.75) is 64.8 Å². The largest absolute Gasteiger partial charge is 0.497 e. The standard InChI is InChI=1S/C26H30N2O2Si.C20H16N2O.C19H23IN2OSi.C7H9BO3/c1-29-23-12-8-11-21(17-23)22-13-14-25-24(18-22)26(20-9-6-5-7-10-20)27-28(25)19-30-15-16-31(2,3)4;1-23-17-9-5-8-15(12-17)16-10-11-19-18(13-16)20(22-21-19)14-6-3-2-4-7-14;1-24(2,3)12-11-23-14-22-18-10-9-16(20)13-17(18)19(21-22)15-7-5-4-6-8-15;1-11-7-4-2-3-6(5-7)8(9)10/h5-14,17-18H,15-16,19H2,1-4H3;2-13H,1H3,(H,21,22);4-10,13H,11-12,14H2,1-3H3;2-5,9-10H,1H3. The molecule has 0 amide bonds. The monoisotopic (exact) mass is 1330 g/mol. The number of hydrogen-bond acceptors (Lipinski definition) is 10. The average Bonchev–Trinajstić information content (AvgIpc) is 2.28. The number of halogens is 1. The number of methoxy groups -OCH3 is 3. The Morgan fingerprint density at radius 2 is 0.831 bits per heavy atom. The van der Waals surface area contributed by atoms with E-state index in [-0.39, 0.29) is 0 Å². The summed E-state index contributed by atoms with van der Waals surface area (Å²) in [5, 5.41) is 38.3. The van der Waals surface area contributed by atoms with Crippen LogP contribution in [-0.4, -0.2) is 97.6 Å². The van der Waals surface area contributed by atoms with Gasteiger partial charge in [-0.1, -0.05) is 179 Å². The van der Waals surface area contributed by atoms with Gasteiger partial charge in [-0.15, -0.1) is 0 Å². The van der Waals surface area contributed by atoms with Crippen LogP contribution < -0.4 is 19.7 Å². The quantitative estimate of drug-likeness (QED) is 0.0405. The topological polar surface area (TPSA) is 151 Å². The van der Waals surface area contributed by atoms with Crippen LogP contribution >= 0.6 is 22.6 Å². The second-order valence-corrected chi connectivity index (χ2v) is 36.3. The Hall–Kier alpha value is -8.14. The number of hydrogen-bond donors (Lipinski definition) is 3. The highest BCUT2D eigenvalue weighted by atomic mass is 127. The van der Waals surface area contributed by atoms with Crippen LogP contribution in [0.15, 0.2) is 218 Å². The zero-order valence-corrected chi connectivity index (χ0v) is 56.3. The molecule has 17 heteroatoms. The first-order valence-corrected chi connectivity index (χ1v) is 38.2. The number of benzene rings is 9. The highest BCUT2D eigenvalue weighted by Crippen LogP contribution is 2.35. The molecule has 0 bridgehead atoms. The summed E-state index contributed by atoms with van der Waals surface area (Å²) in [5.41, 5.74) is 14.6. The molecule has 0 aliphatic carbocycles. The Morgan fingerprint density at radius 3 is 1.30 bits per heavy atom. The summed E-state index contributed by atoms with van der Waals surface area (Å²) in [6.45, 7) is 16.8. The van der Waals surface area contributed by atoms with Crippen LogP contribution in [0.2, 0.25) is 51.4 Å². The third kappa shape index (κ3) is 18.0. The summed E-state index contributed by atoms with van der Waals surface area (Å²) in [7, 11) is 1.31. The number of aromatic nitrogens is 6. The predicted molar refractivity (Wildman–Crippen MR) is 380 cm³/mol. The van der Waals surface area contributed by atoms with Crippen molar-refractivity contribution in [1.29, 1.82) is 0 Å². The molecule has 456 valence electrons. The van der Waals surface area contributed by atoms with E-state index in [1.54, 1.807) is 38.5 Å². The van der Waals surface area contributed by atoms with Gasteiger partial charge in [0, 0.05) is 65.8 Å². The maximum atomic E-state index is 8.74. The molecule has 0 saturated heterocycles. The van der Waals surface area contributed by atoms with Crippen molar-refractivity contribution in [3.63, 3.8) is 0 Å². The van der Waals surface area contributed by atoms with E-state index in [1.807, 2.05) is 70.0 Å². The molecule has 0 atom stereocenters. The normalized spacial score (nSPS) is 11.3. The molecule has 12 rings (SSSR count). The van der Waals surface area contributed by atoms with Crippen LogP contribution in [0.1, 0.15) is 0 Å². The lowest BCUT2D eigenvalue weighted by Gasteiger charge is -2.15. The van der Waals surface area contributed by atoms with Crippen molar-refractivity contribution >= 4 is 84.0 Å². The lowest BCUT2D eigenvalue weighted by molar-refractivity contribution is 0.0818. The van der Waals surface area contributed by atoms with Gasteiger partial charge in [0.15, 0.2) is 0 Å². The van der Waals surface area contributed by atoms with E-state index in [4.69, 9.17) is 43.9 Å². The molecular weight excluding hydrogens is 1250 g/mol. The van der Waals surface area contributed by atoms with E-state index in [9.17, 15) is 0 Å². The van der Waals surface area contributed by atoms with Crippen molar-refractivity contribution in [2.24, 2.45) is 0 Å². The summed E-state index contributed by atoms with van der Waals surface area (Å²) >= 11 is 2.35. The molecule has 0 spiro atoms. The fourth-order valence-corrected chi connectivity index (χ4v) is 11.8. The van der Waals surface area contributed by atoms with E-state index in [1.165, 1.54) is 22.1 Å². The molecule has 0 saturated carbocycles. The molecule has 0 radical (unpaired) electrons. The molecule has 0 fully saturated rings. The van der Waals surface area contributed by atoms with Crippen LogP contribution in [0, 0.1) is 3.57 Å². The number of rotatable bonds is 19. The second kappa shape index (κ2) is 30.9. The van der Waals surface area contributed by atoms with Gasteiger partial charge < -0.3 is 33.7 Å². The molecule has 9 aromatic carbocycles. The summed E-state index contributed by atoms with van der Waals surface area (Å²) in [6.07, 6.45) is 0. The molecule has 3 aromatic heterocycles. The summed E-state index contributed by atoms with van der Waals surface area (Å²) < 4.78 is 32.7. The average molecular weight is 1330 g/mol. The Labute approximate surface area is 538 Å². The van der Waals surface area contributed by atoms with Crippen molar-refractivity contribution in [1.82, 2.24) is 29.8 Å². The van der Waals surface area contributed by atoms with E-state index in [2.05, 4.69) is 206 Å². The van der Waals surface area contributed by atoms with Crippen LogP contribution in [0.25, 0.3) is 88.7 Å². The van der Waals surface area contributed by atoms with Crippen molar-refractivity contribution in [3.05, 3.63) is 222 Å². The minimum Gasteiger partial charge on any atom is -0.497 e. The number of ether oxygens (including phenoxy) is 5. The molecule has 0 aliphatic heterocycles. The number of aromatic amines is 1. The van der Waals surface area contributed by atoms with E-state index < -0.39 is 23.3 Å². The second-order valence-electron chi connectivity index (χ2n) is 23.8. The number of H-pyrrole nitrogens is 1. The minimum atomic E-state index is -1.43. The fraction of sp³-hybridized carbons (Fsp3) is 0.208. The maximum absolute atomic E-state index is 8.74. The van der Waals surface area contributed by atoms with Crippen molar-refractivity contribution in [3.8, 4) is 73.3 Å². The molecule has 3 heterocycles. The van der Waals surface area contributed by atoms with Crippen LogP contribution in [0.3, 0.4) is 0 Å². The fourth-order valence-electron chi connectivity index (χ4n) is 9.80. The van der Waals surface area contributed by atoms with Crippen LogP contribution in [-0.2, 0) is 22.9 Å². The Morgan fingerprint density at radius 1 is 0.427 bits per heavy atom. The number of nitrogens with one attached hydrogen (secondary N) is 1. The zero-order valence-electron chi connectivity index (χ0n) is 52.2. The number of nitrogens with zero attached hydrogens (tertiary/aromatic N) is 5. The van der Waals surface area contributed by atoms with Gasteiger partial charge >= 0.3 is 7.12 Å². The Kier molecular flexibility index (Phi) is 22.6. The smallest absolute Gasteiger partial charge is 0.488 e. The lowest BCUT2D eigenvalue weighted by Crippen LogP contribution is -2.29. The Balaban J connectivity index is 0.000000148. The minimum absolute atomic E-state index is 0.435. The first kappa shape index (κ1) is 65.3. The van der Waals surface area contributed by atoms with E-state index in [0.717, 1.165) is 114 Å². The zero-order chi connectivity index (χ0) is 62.9. The summed E-state index contributed by atoms with van der Waals surface area (Å²) in [5.74, 6) is 2.33. The summed E-state index contributed by atoms with van der Waals surface area (Å²) in [6, 6.07) is 75.5. The highest BCUT2D eigenvalue weighted by Gasteiger charge is 2.18. The molecule has 0 unspecified atom stereocenters. The van der Waals surface area contributed by atoms with Gasteiger partial charge in [-0.05, 0) is 141 Å². The van der Waals surface area contributed by atoms with E-state index >= 15 is 0 Å².